The third-order valence-corrected chi connectivity index (χ3v) is 4.59. The van der Waals surface area contributed by atoms with Crippen molar-refractivity contribution in [3.05, 3.63) is 17.2 Å². The summed E-state index contributed by atoms with van der Waals surface area (Å²) in [7, 11) is 0. The second-order valence-corrected chi connectivity index (χ2v) is 6.68. The van der Waals surface area contributed by atoms with Gasteiger partial charge in [0.1, 0.15) is 0 Å². The molecule has 1 aromatic carbocycles. The van der Waals surface area contributed by atoms with Gasteiger partial charge >= 0.3 is 0 Å². The molecular formula is C17H23ClN2O3. The minimum absolute atomic E-state index is 0.111. The summed E-state index contributed by atoms with van der Waals surface area (Å²) in [5, 5.41) is 3.67. The van der Waals surface area contributed by atoms with Crippen molar-refractivity contribution >= 4 is 23.2 Å². The Hall–Kier alpha value is -1.62. The number of hydrogen-bond acceptors (Lipinski definition) is 4. The van der Waals surface area contributed by atoms with Gasteiger partial charge in [-0.25, -0.2) is 0 Å². The normalized spacial score (nSPS) is 20.8. The number of ether oxygens (including phenoxy) is 2. The molecule has 126 valence electrons. The minimum Gasteiger partial charge on any atom is -0.490 e. The maximum absolute atomic E-state index is 12.3. The molecule has 0 saturated carbocycles. The number of piperidine rings is 1. The predicted molar refractivity (Wildman–Crippen MR) is 90.5 cm³/mol. The molecule has 0 bridgehead atoms. The monoisotopic (exact) mass is 338 g/mol. The highest BCUT2D eigenvalue weighted by atomic mass is 35.5. The Balaban J connectivity index is 1.63. The number of nitrogens with zero attached hydrogens (tertiary/aromatic N) is 1. The summed E-state index contributed by atoms with van der Waals surface area (Å²) in [6.07, 6.45) is 3.13. The number of hydrogen-bond donors (Lipinski definition) is 1. The Bertz CT molecular complexity index is 579. The van der Waals surface area contributed by atoms with Crippen molar-refractivity contribution in [3.8, 4) is 11.5 Å². The summed E-state index contributed by atoms with van der Waals surface area (Å²) in [6, 6.07) is 3.56. The van der Waals surface area contributed by atoms with Crippen molar-refractivity contribution in [2.24, 2.45) is 5.92 Å². The van der Waals surface area contributed by atoms with Crippen molar-refractivity contribution < 1.29 is 14.3 Å². The summed E-state index contributed by atoms with van der Waals surface area (Å²) in [4.78, 5) is 14.3. The van der Waals surface area contributed by atoms with E-state index in [1.54, 1.807) is 6.07 Å². The van der Waals surface area contributed by atoms with Crippen molar-refractivity contribution in [2.45, 2.75) is 26.2 Å². The quantitative estimate of drug-likeness (QED) is 0.919. The molecule has 0 radical (unpaired) electrons. The fraction of sp³-hybridized carbons (Fsp3) is 0.588. The van der Waals surface area contributed by atoms with E-state index >= 15 is 0 Å². The van der Waals surface area contributed by atoms with Crippen molar-refractivity contribution in [1.82, 2.24) is 4.90 Å². The predicted octanol–water partition coefficient (Wildman–Crippen LogP) is 3.17. The van der Waals surface area contributed by atoms with Gasteiger partial charge in [0.25, 0.3) is 0 Å². The number of rotatable bonds is 3. The van der Waals surface area contributed by atoms with Crippen LogP contribution in [0.5, 0.6) is 11.5 Å². The van der Waals surface area contributed by atoms with Crippen LogP contribution in [0.15, 0.2) is 12.1 Å². The number of nitrogens with one attached hydrogen (secondary N) is 1. The summed E-state index contributed by atoms with van der Waals surface area (Å²) in [5.74, 6) is 2.02. The van der Waals surface area contributed by atoms with Crippen LogP contribution in [0.25, 0.3) is 0 Å². The molecular weight excluding hydrogens is 316 g/mol. The first kappa shape index (κ1) is 16.2. The van der Waals surface area contributed by atoms with E-state index in [-0.39, 0.29) is 12.5 Å². The molecule has 23 heavy (non-hydrogen) atoms. The van der Waals surface area contributed by atoms with E-state index in [0.29, 0.717) is 41.3 Å². The second kappa shape index (κ2) is 7.30. The number of carbonyl (C=O) groups excluding carboxylic acids is 1. The molecule has 1 fully saturated rings. The molecule has 2 aliphatic heterocycles. The number of amides is 1. The largest absolute Gasteiger partial charge is 0.490 e. The minimum atomic E-state index is 0.111. The fourth-order valence-electron chi connectivity index (χ4n) is 3.02. The fourth-order valence-corrected chi connectivity index (χ4v) is 3.24. The highest BCUT2D eigenvalue weighted by Crippen LogP contribution is 2.37. The van der Waals surface area contributed by atoms with Crippen LogP contribution in [0.2, 0.25) is 5.02 Å². The van der Waals surface area contributed by atoms with E-state index in [4.69, 9.17) is 21.1 Å². The zero-order chi connectivity index (χ0) is 16.2. The van der Waals surface area contributed by atoms with Gasteiger partial charge < -0.3 is 19.7 Å². The van der Waals surface area contributed by atoms with E-state index in [0.717, 1.165) is 25.9 Å². The molecule has 1 atom stereocenters. The molecule has 1 saturated heterocycles. The van der Waals surface area contributed by atoms with Crippen LogP contribution >= 0.6 is 11.6 Å². The van der Waals surface area contributed by atoms with Gasteiger partial charge in [0, 0.05) is 31.6 Å². The molecule has 2 aliphatic rings. The number of carbonyl (C=O) groups is 1. The third-order valence-electron chi connectivity index (χ3n) is 4.28. The molecule has 0 aromatic heterocycles. The molecule has 6 heteroatoms. The Morgan fingerprint density at radius 2 is 2.04 bits per heavy atom. The Morgan fingerprint density at radius 1 is 1.30 bits per heavy atom. The zero-order valence-electron chi connectivity index (χ0n) is 13.4. The van der Waals surface area contributed by atoms with E-state index in [9.17, 15) is 4.79 Å². The summed E-state index contributed by atoms with van der Waals surface area (Å²) >= 11 is 6.28. The lowest BCUT2D eigenvalue weighted by Gasteiger charge is -2.31. The maximum Gasteiger partial charge on any atom is 0.241 e. The van der Waals surface area contributed by atoms with Crippen LogP contribution in [-0.2, 0) is 4.79 Å². The molecule has 1 unspecified atom stereocenters. The van der Waals surface area contributed by atoms with Gasteiger partial charge in [-0.15, -0.1) is 0 Å². The van der Waals surface area contributed by atoms with Crippen LogP contribution in [0.3, 0.4) is 0 Å². The van der Waals surface area contributed by atoms with Gasteiger partial charge in [0.05, 0.1) is 30.5 Å². The first-order valence-corrected chi connectivity index (χ1v) is 8.62. The molecule has 0 aliphatic carbocycles. The number of benzene rings is 1. The average Bonchev–Trinajstić information content (AvgIpc) is 2.77. The third kappa shape index (κ3) is 4.02. The van der Waals surface area contributed by atoms with E-state index in [2.05, 4.69) is 12.2 Å². The van der Waals surface area contributed by atoms with Crippen molar-refractivity contribution in [1.29, 1.82) is 0 Å². The first-order chi connectivity index (χ1) is 11.1. The highest BCUT2D eigenvalue weighted by molar-refractivity contribution is 6.33. The Labute approximate surface area is 141 Å². The van der Waals surface area contributed by atoms with Crippen molar-refractivity contribution in [2.75, 3.05) is 38.2 Å². The molecule has 3 rings (SSSR count). The van der Waals surface area contributed by atoms with Crippen LogP contribution in [0, 0.1) is 5.92 Å². The smallest absolute Gasteiger partial charge is 0.241 e. The van der Waals surface area contributed by atoms with Crippen LogP contribution < -0.4 is 14.8 Å². The molecule has 5 nitrogen and oxygen atoms in total. The molecule has 1 aromatic rings. The van der Waals surface area contributed by atoms with Gasteiger partial charge in [-0.3, -0.25) is 4.79 Å². The molecule has 0 spiro atoms. The molecule has 2 heterocycles. The van der Waals surface area contributed by atoms with Crippen LogP contribution in [-0.4, -0.2) is 43.7 Å². The molecule has 1 amide bonds. The van der Waals surface area contributed by atoms with Crippen LogP contribution in [0.1, 0.15) is 26.2 Å². The maximum atomic E-state index is 12.3. The standard InChI is InChI=1S/C17H23ClN2O3/c1-12-4-2-5-20(11-12)17(21)10-19-14-9-16-15(8-13(14)18)22-6-3-7-23-16/h8-9,12,19H,2-7,10-11H2,1H3. The number of halogens is 1. The lowest BCUT2D eigenvalue weighted by Crippen LogP contribution is -2.41. The van der Waals surface area contributed by atoms with Gasteiger partial charge in [0.2, 0.25) is 5.91 Å². The second-order valence-electron chi connectivity index (χ2n) is 6.27. The summed E-state index contributed by atoms with van der Waals surface area (Å²) in [6.45, 7) is 5.37. The van der Waals surface area contributed by atoms with E-state index in [1.165, 1.54) is 6.42 Å². The number of fused-ring (bicyclic) bond motifs is 1. The van der Waals surface area contributed by atoms with E-state index < -0.39 is 0 Å². The van der Waals surface area contributed by atoms with Crippen molar-refractivity contribution in [3.63, 3.8) is 0 Å². The number of likely N-dealkylation sites (tertiary alicyclic amines) is 1. The Kier molecular flexibility index (Phi) is 5.16. The average molecular weight is 339 g/mol. The SMILES string of the molecule is CC1CCCN(C(=O)CNc2cc3c(cc2Cl)OCCCO3)C1. The number of anilines is 1. The lowest BCUT2D eigenvalue weighted by atomic mass is 10.0. The lowest BCUT2D eigenvalue weighted by molar-refractivity contribution is -0.130. The molecule has 1 N–H and O–H groups in total. The van der Waals surface area contributed by atoms with Gasteiger partial charge in [-0.1, -0.05) is 18.5 Å². The zero-order valence-corrected chi connectivity index (χ0v) is 14.2. The summed E-state index contributed by atoms with van der Waals surface area (Å²) in [5.41, 5.74) is 0.703. The van der Waals surface area contributed by atoms with Crippen LogP contribution in [0.4, 0.5) is 5.69 Å². The van der Waals surface area contributed by atoms with Gasteiger partial charge in [-0.05, 0) is 18.8 Å². The Morgan fingerprint density at radius 3 is 2.78 bits per heavy atom. The van der Waals surface area contributed by atoms with E-state index in [1.807, 2.05) is 11.0 Å². The topological polar surface area (TPSA) is 50.8 Å². The highest BCUT2D eigenvalue weighted by Gasteiger charge is 2.21. The summed E-state index contributed by atoms with van der Waals surface area (Å²) < 4.78 is 11.3. The van der Waals surface area contributed by atoms with Gasteiger partial charge in [0.15, 0.2) is 11.5 Å². The first-order valence-electron chi connectivity index (χ1n) is 8.24. The van der Waals surface area contributed by atoms with Gasteiger partial charge in [-0.2, -0.15) is 0 Å².